The molecule has 7 heteroatoms. The fourth-order valence-corrected chi connectivity index (χ4v) is 8.81. The highest BCUT2D eigenvalue weighted by molar-refractivity contribution is 5.79. The van der Waals surface area contributed by atoms with Crippen molar-refractivity contribution in [1.29, 1.82) is 0 Å². The smallest absolute Gasteiger partial charge is 0.223 e. The minimum atomic E-state index is -0.0232. The Kier molecular flexibility index (Phi) is 10.0. The van der Waals surface area contributed by atoms with Crippen LogP contribution in [0.25, 0.3) is 5.52 Å². The monoisotopic (exact) mass is 576 g/mol. The van der Waals surface area contributed by atoms with Crippen LogP contribution in [0.4, 0.5) is 5.82 Å². The number of rotatable bonds is 4. The number of nitrogen functional groups attached to an aromatic ring is 1. The Morgan fingerprint density at radius 2 is 1.40 bits per heavy atom. The lowest BCUT2D eigenvalue weighted by Gasteiger charge is -2.24. The van der Waals surface area contributed by atoms with Crippen molar-refractivity contribution in [2.24, 2.45) is 5.92 Å². The Hall–Kier alpha value is -2.15. The summed E-state index contributed by atoms with van der Waals surface area (Å²) in [5.41, 5.74) is 8.73. The van der Waals surface area contributed by atoms with Crippen molar-refractivity contribution < 1.29 is 4.79 Å². The lowest BCUT2D eigenvalue weighted by molar-refractivity contribution is -0.126. The summed E-state index contributed by atoms with van der Waals surface area (Å²) in [5, 5.41) is 7.48. The van der Waals surface area contributed by atoms with Crippen molar-refractivity contribution in [3.05, 3.63) is 23.9 Å². The average Bonchev–Trinajstić information content (AvgIpc) is 3.70. The van der Waals surface area contributed by atoms with Crippen LogP contribution in [0.1, 0.15) is 165 Å². The second kappa shape index (κ2) is 14.1. The van der Waals surface area contributed by atoms with E-state index in [9.17, 15) is 4.79 Å². The predicted octanol–water partition coefficient (Wildman–Crippen LogP) is 7.68. The Morgan fingerprint density at radius 1 is 0.810 bits per heavy atom. The van der Waals surface area contributed by atoms with E-state index in [1.165, 1.54) is 83.5 Å². The standard InChI is InChI=1S/C35H56N6O/c36-32-31-30(39-34(41(31)25-24-37-32)35-22-20-29(40-35)21-23-35)26-14-9-7-8-10-15-27(17-13-16-26)33(42)38-28-18-11-5-3-1-2-4-6-12-19-28/h24-29,40H,1-23H2,(H2,36,37)(H,38,42). The molecule has 4 fully saturated rings. The Balaban J connectivity index is 1.16. The fraction of sp³-hybridized carbons (Fsp3) is 0.800. The second-order valence-corrected chi connectivity index (χ2v) is 14.3. The maximum atomic E-state index is 13.7. The Bertz CT molecular complexity index is 1160. The molecule has 2 aromatic heterocycles. The molecule has 2 atom stereocenters. The molecule has 2 saturated heterocycles. The molecule has 2 aliphatic heterocycles. The average molecular weight is 577 g/mol. The van der Waals surface area contributed by atoms with E-state index < -0.39 is 0 Å². The van der Waals surface area contributed by atoms with E-state index in [2.05, 4.69) is 26.2 Å². The molecule has 2 aliphatic carbocycles. The SMILES string of the molecule is Nc1nccn2c(C34CCC(CC3)N4)nc(C3CCCCCCC(C(=O)NC4CCCCCCCCCC4)CCC3)c12. The molecule has 0 radical (unpaired) electrons. The molecule has 2 bridgehead atoms. The zero-order valence-corrected chi connectivity index (χ0v) is 26.1. The van der Waals surface area contributed by atoms with Gasteiger partial charge in [-0.3, -0.25) is 9.20 Å². The molecule has 4 heterocycles. The summed E-state index contributed by atoms with van der Waals surface area (Å²) in [6, 6.07) is 0.993. The molecule has 1 amide bonds. The number of amides is 1. The van der Waals surface area contributed by atoms with Crippen LogP contribution in [0.5, 0.6) is 0 Å². The van der Waals surface area contributed by atoms with Gasteiger partial charge >= 0.3 is 0 Å². The maximum Gasteiger partial charge on any atom is 0.223 e. The molecule has 4 aliphatic rings. The first kappa shape index (κ1) is 29.9. The van der Waals surface area contributed by atoms with Crippen LogP contribution in [-0.4, -0.2) is 32.4 Å². The maximum absolute atomic E-state index is 13.7. The molecule has 2 aromatic rings. The zero-order chi connectivity index (χ0) is 28.8. The normalized spacial score (nSPS) is 30.9. The first-order valence-electron chi connectivity index (χ1n) is 17.8. The highest BCUT2D eigenvalue weighted by Crippen LogP contribution is 2.46. The molecular weight excluding hydrogens is 520 g/mol. The van der Waals surface area contributed by atoms with Gasteiger partial charge in [0.05, 0.1) is 11.2 Å². The van der Waals surface area contributed by atoms with Crippen molar-refractivity contribution in [2.45, 2.75) is 171 Å². The van der Waals surface area contributed by atoms with Gasteiger partial charge in [-0.25, -0.2) is 9.97 Å². The molecule has 2 unspecified atom stereocenters. The lowest BCUT2D eigenvalue weighted by atomic mass is 9.87. The summed E-state index contributed by atoms with van der Waals surface area (Å²) < 4.78 is 2.26. The zero-order valence-electron chi connectivity index (χ0n) is 26.1. The van der Waals surface area contributed by atoms with Gasteiger partial charge in [0.2, 0.25) is 5.91 Å². The fourth-order valence-electron chi connectivity index (χ4n) is 8.81. The molecule has 232 valence electrons. The summed E-state index contributed by atoms with van der Waals surface area (Å²) in [5.74, 6) is 2.58. The van der Waals surface area contributed by atoms with Gasteiger partial charge in [0, 0.05) is 36.3 Å². The Morgan fingerprint density at radius 3 is 2.07 bits per heavy atom. The molecule has 4 N–H and O–H groups in total. The highest BCUT2D eigenvalue weighted by atomic mass is 16.1. The topological polar surface area (TPSA) is 97.3 Å². The van der Waals surface area contributed by atoms with Gasteiger partial charge in [0.1, 0.15) is 17.2 Å². The number of carbonyl (C=O) groups is 1. The van der Waals surface area contributed by atoms with E-state index in [1.54, 1.807) is 0 Å². The summed E-state index contributed by atoms with van der Waals surface area (Å²) in [7, 11) is 0. The lowest BCUT2D eigenvalue weighted by Crippen LogP contribution is -2.39. The first-order chi connectivity index (χ1) is 20.6. The first-order valence-corrected chi connectivity index (χ1v) is 17.8. The van der Waals surface area contributed by atoms with Gasteiger partial charge in [-0.1, -0.05) is 83.5 Å². The van der Waals surface area contributed by atoms with Crippen LogP contribution in [0.3, 0.4) is 0 Å². The van der Waals surface area contributed by atoms with E-state index >= 15 is 0 Å². The molecule has 6 rings (SSSR count). The van der Waals surface area contributed by atoms with Gasteiger partial charge in [0.25, 0.3) is 0 Å². The van der Waals surface area contributed by atoms with Gasteiger partial charge in [-0.2, -0.15) is 0 Å². The molecule has 7 nitrogen and oxygen atoms in total. The summed E-state index contributed by atoms with van der Waals surface area (Å²) in [4.78, 5) is 23.6. The molecule has 0 spiro atoms. The van der Waals surface area contributed by atoms with E-state index in [0.29, 0.717) is 29.7 Å². The Labute approximate surface area is 253 Å². The molecular formula is C35H56N6O. The van der Waals surface area contributed by atoms with Crippen LogP contribution in [0.2, 0.25) is 0 Å². The van der Waals surface area contributed by atoms with Crippen LogP contribution >= 0.6 is 0 Å². The number of fused-ring (bicyclic) bond motifs is 3. The predicted molar refractivity (Wildman–Crippen MR) is 170 cm³/mol. The van der Waals surface area contributed by atoms with Crippen molar-refractivity contribution in [1.82, 2.24) is 25.0 Å². The van der Waals surface area contributed by atoms with Crippen molar-refractivity contribution in [2.75, 3.05) is 5.73 Å². The number of aromatic nitrogens is 3. The van der Waals surface area contributed by atoms with E-state index in [1.807, 2.05) is 6.20 Å². The third kappa shape index (κ3) is 6.81. The third-order valence-corrected chi connectivity index (χ3v) is 11.3. The summed E-state index contributed by atoms with van der Waals surface area (Å²) >= 11 is 0. The number of nitrogens with one attached hydrogen (secondary N) is 2. The number of hydrogen-bond donors (Lipinski definition) is 3. The minimum Gasteiger partial charge on any atom is -0.382 e. The number of imidazole rings is 1. The minimum absolute atomic E-state index is 0.0232. The quantitative estimate of drug-likeness (QED) is 0.347. The van der Waals surface area contributed by atoms with Gasteiger partial charge in [-0.15, -0.1) is 0 Å². The van der Waals surface area contributed by atoms with E-state index in [4.69, 9.17) is 10.7 Å². The number of nitrogens with two attached hydrogens (primary N) is 1. The number of hydrogen-bond acceptors (Lipinski definition) is 5. The molecule has 0 aromatic carbocycles. The summed E-state index contributed by atoms with van der Waals surface area (Å²) in [6.07, 6.45) is 31.7. The van der Waals surface area contributed by atoms with E-state index in [-0.39, 0.29) is 11.5 Å². The van der Waals surface area contributed by atoms with Crippen LogP contribution in [-0.2, 0) is 10.3 Å². The van der Waals surface area contributed by atoms with Gasteiger partial charge in [-0.05, 0) is 64.2 Å². The number of carbonyl (C=O) groups excluding carboxylic acids is 1. The summed E-state index contributed by atoms with van der Waals surface area (Å²) in [6.45, 7) is 0. The molecule has 42 heavy (non-hydrogen) atoms. The van der Waals surface area contributed by atoms with Gasteiger partial charge in [0.15, 0.2) is 0 Å². The highest BCUT2D eigenvalue weighted by Gasteiger charge is 2.48. The third-order valence-electron chi connectivity index (χ3n) is 11.3. The van der Waals surface area contributed by atoms with Crippen LogP contribution in [0.15, 0.2) is 12.4 Å². The van der Waals surface area contributed by atoms with Crippen LogP contribution in [0, 0.1) is 5.92 Å². The van der Waals surface area contributed by atoms with Crippen molar-refractivity contribution in [3.8, 4) is 0 Å². The van der Waals surface area contributed by atoms with Gasteiger partial charge < -0.3 is 16.4 Å². The van der Waals surface area contributed by atoms with E-state index in [0.717, 1.165) is 81.2 Å². The van der Waals surface area contributed by atoms with Crippen LogP contribution < -0.4 is 16.4 Å². The second-order valence-electron chi connectivity index (χ2n) is 14.3. The van der Waals surface area contributed by atoms with Crippen molar-refractivity contribution in [3.63, 3.8) is 0 Å². The molecule has 2 saturated carbocycles. The number of nitrogens with zero attached hydrogens (tertiary/aromatic N) is 3. The van der Waals surface area contributed by atoms with Crippen molar-refractivity contribution >= 4 is 17.2 Å². The number of anilines is 1. The largest absolute Gasteiger partial charge is 0.382 e.